The molecule has 0 radical (unpaired) electrons. The van der Waals surface area contributed by atoms with Crippen molar-refractivity contribution in [2.45, 2.75) is 33.1 Å². The van der Waals surface area contributed by atoms with Gasteiger partial charge in [-0.05, 0) is 50.8 Å². The Morgan fingerprint density at radius 3 is 2.42 bits per heavy atom. The topological polar surface area (TPSA) is 23.5 Å². The zero-order chi connectivity index (χ0) is 13.7. The quantitative estimate of drug-likeness (QED) is 0.821. The van der Waals surface area contributed by atoms with Crippen LogP contribution < -0.4 is 0 Å². The lowest BCUT2D eigenvalue weighted by Gasteiger charge is -2.26. The molecule has 0 amide bonds. The molecule has 1 aliphatic rings. The first-order valence-corrected chi connectivity index (χ1v) is 7.30. The van der Waals surface area contributed by atoms with E-state index in [0.29, 0.717) is 6.61 Å². The van der Waals surface area contributed by atoms with Crippen LogP contribution in [0.2, 0.25) is 0 Å². The van der Waals surface area contributed by atoms with Crippen molar-refractivity contribution in [3.63, 3.8) is 0 Å². The monoisotopic (exact) mass is 259 g/mol. The number of aryl methyl sites for hydroxylation is 2. The van der Waals surface area contributed by atoms with Gasteiger partial charge in [0, 0.05) is 19.7 Å². The number of unbranched alkanes of at least 4 members (excludes halogenated alkanes) is 1. The molecule has 1 aromatic rings. The van der Waals surface area contributed by atoms with Crippen LogP contribution in [-0.4, -0.2) is 36.2 Å². The molecule has 1 aromatic carbocycles. The Labute approximate surface area is 116 Å². The number of rotatable bonds is 5. The molecule has 0 aromatic heterocycles. The van der Waals surface area contributed by atoms with Gasteiger partial charge in [0.15, 0.2) is 0 Å². The second-order valence-electron chi connectivity index (χ2n) is 5.59. The molecule has 0 atom stereocenters. The summed E-state index contributed by atoms with van der Waals surface area (Å²) in [6.07, 6.45) is 5.53. The average molecular weight is 259 g/mol. The van der Waals surface area contributed by atoms with Crippen molar-refractivity contribution in [2.24, 2.45) is 0 Å². The summed E-state index contributed by atoms with van der Waals surface area (Å²) in [7, 11) is 0. The number of nitrogens with zero attached hydrogens (tertiary/aromatic N) is 1. The second-order valence-corrected chi connectivity index (χ2v) is 5.59. The molecule has 0 bridgehead atoms. The lowest BCUT2D eigenvalue weighted by Crippen LogP contribution is -2.29. The first kappa shape index (κ1) is 14.3. The third-order valence-corrected chi connectivity index (χ3v) is 3.77. The van der Waals surface area contributed by atoms with Crippen LogP contribution in [0.15, 0.2) is 24.3 Å². The molecule has 1 aliphatic heterocycles. The van der Waals surface area contributed by atoms with Crippen LogP contribution in [0.4, 0.5) is 0 Å². The van der Waals surface area contributed by atoms with Crippen molar-refractivity contribution < 1.29 is 5.11 Å². The zero-order valence-corrected chi connectivity index (χ0v) is 12.2. The Bertz CT molecular complexity index is 430. The smallest absolute Gasteiger partial charge is 0.0431 e. The highest BCUT2D eigenvalue weighted by Gasteiger charge is 2.12. The first-order chi connectivity index (χ1) is 9.19. The summed E-state index contributed by atoms with van der Waals surface area (Å²) in [6, 6.07) is 6.81. The molecular weight excluding hydrogens is 234 g/mol. The van der Waals surface area contributed by atoms with E-state index in [9.17, 15) is 0 Å². The third kappa shape index (κ3) is 4.19. The summed E-state index contributed by atoms with van der Waals surface area (Å²) >= 11 is 0. The largest absolute Gasteiger partial charge is 0.396 e. The number of benzene rings is 1. The third-order valence-electron chi connectivity index (χ3n) is 3.77. The van der Waals surface area contributed by atoms with Crippen LogP contribution in [-0.2, 0) is 0 Å². The molecule has 2 nitrogen and oxygen atoms in total. The van der Waals surface area contributed by atoms with E-state index in [4.69, 9.17) is 5.11 Å². The van der Waals surface area contributed by atoms with E-state index in [1.165, 1.54) is 22.3 Å². The molecule has 0 saturated heterocycles. The van der Waals surface area contributed by atoms with Gasteiger partial charge in [0.25, 0.3) is 0 Å². The number of aliphatic hydroxyl groups is 1. The molecule has 1 N–H and O–H groups in total. The molecule has 0 fully saturated rings. The molecule has 0 saturated carbocycles. The molecule has 0 spiro atoms. The SMILES string of the molecule is Cc1cc(C)cc(C2=CCN(CCCCO)CC2)c1. The zero-order valence-electron chi connectivity index (χ0n) is 12.2. The molecule has 19 heavy (non-hydrogen) atoms. The summed E-state index contributed by atoms with van der Waals surface area (Å²) in [5, 5.41) is 8.81. The minimum atomic E-state index is 0.317. The molecule has 2 rings (SSSR count). The summed E-state index contributed by atoms with van der Waals surface area (Å²) in [5.74, 6) is 0. The van der Waals surface area contributed by atoms with Crippen LogP contribution in [0, 0.1) is 13.8 Å². The van der Waals surface area contributed by atoms with E-state index >= 15 is 0 Å². The van der Waals surface area contributed by atoms with Crippen LogP contribution in [0.3, 0.4) is 0 Å². The minimum Gasteiger partial charge on any atom is -0.396 e. The fourth-order valence-corrected chi connectivity index (χ4v) is 2.78. The molecule has 0 aliphatic carbocycles. The average Bonchev–Trinajstić information content (AvgIpc) is 2.39. The van der Waals surface area contributed by atoms with Crippen molar-refractivity contribution in [3.05, 3.63) is 41.0 Å². The molecule has 104 valence electrons. The molecule has 0 unspecified atom stereocenters. The van der Waals surface area contributed by atoms with Crippen LogP contribution >= 0.6 is 0 Å². The maximum absolute atomic E-state index is 8.81. The summed E-state index contributed by atoms with van der Waals surface area (Å²) in [4.78, 5) is 2.47. The highest BCUT2D eigenvalue weighted by Crippen LogP contribution is 2.24. The maximum atomic E-state index is 8.81. The molecule has 2 heteroatoms. The van der Waals surface area contributed by atoms with Gasteiger partial charge in [-0.2, -0.15) is 0 Å². The van der Waals surface area contributed by atoms with Gasteiger partial charge in [-0.15, -0.1) is 0 Å². The Morgan fingerprint density at radius 1 is 1.11 bits per heavy atom. The van der Waals surface area contributed by atoms with Crippen molar-refractivity contribution in [3.8, 4) is 0 Å². The minimum absolute atomic E-state index is 0.317. The fourth-order valence-electron chi connectivity index (χ4n) is 2.78. The van der Waals surface area contributed by atoms with E-state index in [1.807, 2.05) is 0 Å². The molecular formula is C17H25NO. The number of hydrogen-bond acceptors (Lipinski definition) is 2. The van der Waals surface area contributed by atoms with E-state index in [0.717, 1.165) is 38.9 Å². The predicted molar refractivity (Wildman–Crippen MR) is 81.3 cm³/mol. The van der Waals surface area contributed by atoms with E-state index in [2.05, 4.69) is 43.0 Å². The van der Waals surface area contributed by atoms with Crippen LogP contribution in [0.5, 0.6) is 0 Å². The van der Waals surface area contributed by atoms with Gasteiger partial charge < -0.3 is 5.11 Å². The lowest BCUT2D eigenvalue weighted by atomic mass is 9.96. The van der Waals surface area contributed by atoms with Gasteiger partial charge in [-0.1, -0.05) is 35.4 Å². The highest BCUT2D eigenvalue weighted by molar-refractivity contribution is 5.67. The van der Waals surface area contributed by atoms with Crippen molar-refractivity contribution in [1.29, 1.82) is 0 Å². The first-order valence-electron chi connectivity index (χ1n) is 7.30. The van der Waals surface area contributed by atoms with Gasteiger partial charge in [0.1, 0.15) is 0 Å². The van der Waals surface area contributed by atoms with Gasteiger partial charge >= 0.3 is 0 Å². The summed E-state index contributed by atoms with van der Waals surface area (Å²) in [6.45, 7) is 7.95. The standard InChI is InChI=1S/C17H25NO/c1-14-11-15(2)13-17(12-14)16-5-8-18(9-6-16)7-3-4-10-19/h5,11-13,19H,3-4,6-10H2,1-2H3. The van der Waals surface area contributed by atoms with Gasteiger partial charge in [-0.25, -0.2) is 0 Å². The van der Waals surface area contributed by atoms with E-state index in [-0.39, 0.29) is 0 Å². The van der Waals surface area contributed by atoms with Crippen molar-refractivity contribution >= 4 is 5.57 Å². The predicted octanol–water partition coefficient (Wildman–Crippen LogP) is 3.17. The van der Waals surface area contributed by atoms with E-state index in [1.54, 1.807) is 0 Å². The lowest BCUT2D eigenvalue weighted by molar-refractivity contribution is 0.253. The fraction of sp³-hybridized carbons (Fsp3) is 0.529. The van der Waals surface area contributed by atoms with Crippen LogP contribution in [0.1, 0.15) is 36.0 Å². The normalized spacial score (nSPS) is 16.5. The second kappa shape index (κ2) is 6.88. The molecule has 1 heterocycles. The van der Waals surface area contributed by atoms with Gasteiger partial charge in [-0.3, -0.25) is 4.90 Å². The Balaban J connectivity index is 1.96. The Kier molecular flexibility index (Phi) is 5.17. The highest BCUT2D eigenvalue weighted by atomic mass is 16.2. The van der Waals surface area contributed by atoms with Crippen LogP contribution in [0.25, 0.3) is 5.57 Å². The van der Waals surface area contributed by atoms with Crippen molar-refractivity contribution in [1.82, 2.24) is 4.90 Å². The Hall–Kier alpha value is -1.12. The maximum Gasteiger partial charge on any atom is 0.0431 e. The number of hydrogen-bond donors (Lipinski definition) is 1. The van der Waals surface area contributed by atoms with Gasteiger partial charge in [0.05, 0.1) is 0 Å². The summed E-state index contributed by atoms with van der Waals surface area (Å²) < 4.78 is 0. The van der Waals surface area contributed by atoms with E-state index < -0.39 is 0 Å². The summed E-state index contributed by atoms with van der Waals surface area (Å²) in [5.41, 5.74) is 5.58. The van der Waals surface area contributed by atoms with Gasteiger partial charge in [0.2, 0.25) is 0 Å². The number of aliphatic hydroxyl groups excluding tert-OH is 1. The Morgan fingerprint density at radius 2 is 1.84 bits per heavy atom. The van der Waals surface area contributed by atoms with Crippen molar-refractivity contribution in [2.75, 3.05) is 26.2 Å².